The molecule has 5 nitrogen and oxygen atoms in total. The molecule has 0 aliphatic carbocycles. The molecule has 1 atom stereocenters. The molecule has 3 aromatic rings. The SMILES string of the molecule is Cc1ccc(S(=O)(=O)N2CCCC2C(=O)N(Cc2ccccc2)Cc2ccccc2)cc1. The first-order valence-corrected chi connectivity index (χ1v) is 12.3. The molecule has 0 aromatic heterocycles. The van der Waals surface area contributed by atoms with Crippen LogP contribution in [-0.2, 0) is 27.9 Å². The van der Waals surface area contributed by atoms with Crippen LogP contribution in [0.4, 0.5) is 0 Å². The van der Waals surface area contributed by atoms with Gasteiger partial charge in [0.05, 0.1) is 4.90 Å². The van der Waals surface area contributed by atoms with E-state index in [1.807, 2.05) is 67.6 Å². The Morgan fingerprint density at radius 2 is 1.41 bits per heavy atom. The van der Waals surface area contributed by atoms with Crippen molar-refractivity contribution < 1.29 is 13.2 Å². The normalized spacial score (nSPS) is 16.7. The first kappa shape index (κ1) is 22.2. The van der Waals surface area contributed by atoms with E-state index in [1.165, 1.54) is 4.31 Å². The predicted molar refractivity (Wildman–Crippen MR) is 125 cm³/mol. The fourth-order valence-corrected chi connectivity index (χ4v) is 5.80. The highest BCUT2D eigenvalue weighted by Crippen LogP contribution is 2.28. The minimum Gasteiger partial charge on any atom is -0.333 e. The van der Waals surface area contributed by atoms with Gasteiger partial charge in [0, 0.05) is 19.6 Å². The van der Waals surface area contributed by atoms with Crippen molar-refractivity contribution in [1.82, 2.24) is 9.21 Å². The van der Waals surface area contributed by atoms with E-state index in [0.717, 1.165) is 16.7 Å². The van der Waals surface area contributed by atoms with Crippen molar-refractivity contribution in [2.75, 3.05) is 6.54 Å². The van der Waals surface area contributed by atoms with Crippen LogP contribution in [0.25, 0.3) is 0 Å². The number of benzene rings is 3. The average Bonchev–Trinajstić information content (AvgIpc) is 3.31. The van der Waals surface area contributed by atoms with Gasteiger partial charge in [-0.05, 0) is 43.0 Å². The zero-order valence-electron chi connectivity index (χ0n) is 18.2. The van der Waals surface area contributed by atoms with Crippen LogP contribution < -0.4 is 0 Å². The number of hydrogen-bond acceptors (Lipinski definition) is 3. The third-order valence-electron chi connectivity index (χ3n) is 5.86. The summed E-state index contributed by atoms with van der Waals surface area (Å²) >= 11 is 0. The molecule has 166 valence electrons. The quantitative estimate of drug-likeness (QED) is 0.539. The summed E-state index contributed by atoms with van der Waals surface area (Å²) in [7, 11) is -3.74. The molecule has 0 saturated carbocycles. The summed E-state index contributed by atoms with van der Waals surface area (Å²) in [6.45, 7) is 3.15. The zero-order chi connectivity index (χ0) is 22.6. The fourth-order valence-electron chi connectivity index (χ4n) is 4.15. The number of amides is 1. The van der Waals surface area contributed by atoms with E-state index in [1.54, 1.807) is 29.2 Å². The number of nitrogens with zero attached hydrogens (tertiary/aromatic N) is 2. The third-order valence-corrected chi connectivity index (χ3v) is 7.78. The van der Waals surface area contributed by atoms with Gasteiger partial charge in [-0.15, -0.1) is 0 Å². The van der Waals surface area contributed by atoms with Crippen molar-refractivity contribution in [2.45, 2.75) is 43.8 Å². The van der Waals surface area contributed by atoms with Gasteiger partial charge in [0.2, 0.25) is 15.9 Å². The summed E-state index contributed by atoms with van der Waals surface area (Å²) in [6, 6.07) is 25.8. The maximum Gasteiger partial charge on any atom is 0.243 e. The third kappa shape index (κ3) is 4.92. The van der Waals surface area contributed by atoms with Gasteiger partial charge in [0.1, 0.15) is 6.04 Å². The number of rotatable bonds is 7. The molecule has 0 N–H and O–H groups in total. The van der Waals surface area contributed by atoms with Crippen LogP contribution in [-0.4, -0.2) is 36.1 Å². The van der Waals surface area contributed by atoms with Crippen molar-refractivity contribution in [3.63, 3.8) is 0 Å². The van der Waals surface area contributed by atoms with Gasteiger partial charge in [-0.3, -0.25) is 4.79 Å². The Morgan fingerprint density at radius 1 is 0.875 bits per heavy atom. The lowest BCUT2D eigenvalue weighted by Crippen LogP contribution is -2.47. The summed E-state index contributed by atoms with van der Waals surface area (Å²) in [5, 5.41) is 0. The summed E-state index contributed by atoms with van der Waals surface area (Å²) in [4.78, 5) is 15.7. The summed E-state index contributed by atoms with van der Waals surface area (Å²) in [6.07, 6.45) is 1.20. The highest BCUT2D eigenvalue weighted by molar-refractivity contribution is 7.89. The van der Waals surface area contributed by atoms with Crippen LogP contribution in [0.3, 0.4) is 0 Å². The largest absolute Gasteiger partial charge is 0.333 e. The van der Waals surface area contributed by atoms with Crippen molar-refractivity contribution >= 4 is 15.9 Å². The van der Waals surface area contributed by atoms with Crippen molar-refractivity contribution in [1.29, 1.82) is 0 Å². The minimum absolute atomic E-state index is 0.147. The maximum atomic E-state index is 13.7. The summed E-state index contributed by atoms with van der Waals surface area (Å²) < 4.78 is 28.1. The van der Waals surface area contributed by atoms with Gasteiger partial charge in [-0.25, -0.2) is 8.42 Å². The maximum absolute atomic E-state index is 13.7. The Labute approximate surface area is 190 Å². The Kier molecular flexibility index (Phi) is 6.72. The molecular formula is C26H28N2O3S. The van der Waals surface area contributed by atoms with Crippen LogP contribution >= 0.6 is 0 Å². The number of sulfonamides is 1. The Hall–Kier alpha value is -2.96. The predicted octanol–water partition coefficient (Wildman–Crippen LogP) is 4.38. The Bertz CT molecular complexity index is 1110. The van der Waals surface area contributed by atoms with E-state index in [4.69, 9.17) is 0 Å². The van der Waals surface area contributed by atoms with E-state index in [9.17, 15) is 13.2 Å². The molecule has 1 aliphatic heterocycles. The van der Waals surface area contributed by atoms with Gasteiger partial charge < -0.3 is 4.90 Å². The van der Waals surface area contributed by atoms with Crippen LogP contribution in [0.15, 0.2) is 89.8 Å². The highest BCUT2D eigenvalue weighted by Gasteiger charge is 2.41. The first-order valence-electron chi connectivity index (χ1n) is 10.9. The van der Waals surface area contributed by atoms with Gasteiger partial charge >= 0.3 is 0 Å². The van der Waals surface area contributed by atoms with Crippen molar-refractivity contribution in [2.24, 2.45) is 0 Å². The van der Waals surface area contributed by atoms with Crippen LogP contribution in [0, 0.1) is 6.92 Å². The lowest BCUT2D eigenvalue weighted by Gasteiger charge is -2.30. The van der Waals surface area contributed by atoms with Gasteiger partial charge in [-0.1, -0.05) is 78.4 Å². The minimum atomic E-state index is -3.74. The van der Waals surface area contributed by atoms with Crippen LogP contribution in [0.5, 0.6) is 0 Å². The molecule has 0 bridgehead atoms. The van der Waals surface area contributed by atoms with E-state index in [-0.39, 0.29) is 10.8 Å². The number of aryl methyl sites for hydroxylation is 1. The monoisotopic (exact) mass is 448 g/mol. The molecule has 1 aliphatic rings. The molecule has 0 radical (unpaired) electrons. The standard InChI is InChI=1S/C26H28N2O3S/c1-21-14-16-24(17-15-21)32(30,31)28-18-8-13-25(28)26(29)27(19-22-9-4-2-5-10-22)20-23-11-6-3-7-12-23/h2-7,9-12,14-17,25H,8,13,18-20H2,1H3. The molecule has 1 unspecified atom stereocenters. The highest BCUT2D eigenvalue weighted by atomic mass is 32.2. The topological polar surface area (TPSA) is 57.7 Å². The van der Waals surface area contributed by atoms with Crippen molar-refractivity contribution in [3.8, 4) is 0 Å². The fraction of sp³-hybridized carbons (Fsp3) is 0.269. The first-order chi connectivity index (χ1) is 15.4. The number of hydrogen-bond donors (Lipinski definition) is 0. The molecule has 1 saturated heterocycles. The molecule has 1 amide bonds. The Balaban J connectivity index is 1.62. The van der Waals surface area contributed by atoms with Gasteiger partial charge in [-0.2, -0.15) is 4.31 Å². The Morgan fingerprint density at radius 3 is 1.94 bits per heavy atom. The average molecular weight is 449 g/mol. The van der Waals surface area contributed by atoms with E-state index >= 15 is 0 Å². The zero-order valence-corrected chi connectivity index (χ0v) is 19.0. The number of carbonyl (C=O) groups excluding carboxylic acids is 1. The molecule has 0 spiro atoms. The molecule has 6 heteroatoms. The van der Waals surface area contributed by atoms with Gasteiger partial charge in [0.25, 0.3) is 0 Å². The lowest BCUT2D eigenvalue weighted by atomic mass is 10.1. The van der Waals surface area contributed by atoms with Crippen molar-refractivity contribution in [3.05, 3.63) is 102 Å². The van der Waals surface area contributed by atoms with E-state index < -0.39 is 16.1 Å². The summed E-state index contributed by atoms with van der Waals surface area (Å²) in [5.41, 5.74) is 3.03. The van der Waals surface area contributed by atoms with Crippen LogP contribution in [0.2, 0.25) is 0 Å². The van der Waals surface area contributed by atoms with E-state index in [2.05, 4.69) is 0 Å². The van der Waals surface area contributed by atoms with E-state index in [0.29, 0.717) is 32.5 Å². The molecule has 1 fully saturated rings. The second-order valence-electron chi connectivity index (χ2n) is 8.25. The number of carbonyl (C=O) groups is 1. The van der Waals surface area contributed by atoms with Gasteiger partial charge in [0.15, 0.2) is 0 Å². The molecule has 4 rings (SSSR count). The summed E-state index contributed by atoms with van der Waals surface area (Å²) in [5.74, 6) is -0.147. The lowest BCUT2D eigenvalue weighted by molar-refractivity contribution is -0.135. The molecule has 3 aromatic carbocycles. The molecular weight excluding hydrogens is 420 g/mol. The molecule has 1 heterocycles. The second kappa shape index (κ2) is 9.67. The molecule has 32 heavy (non-hydrogen) atoms. The smallest absolute Gasteiger partial charge is 0.243 e. The second-order valence-corrected chi connectivity index (χ2v) is 10.1. The van der Waals surface area contributed by atoms with Crippen LogP contribution in [0.1, 0.15) is 29.5 Å².